The summed E-state index contributed by atoms with van der Waals surface area (Å²) in [5, 5.41) is 2.67. The van der Waals surface area contributed by atoms with Gasteiger partial charge in [-0.1, -0.05) is 18.2 Å². The summed E-state index contributed by atoms with van der Waals surface area (Å²) in [5.41, 5.74) is 1.12. The van der Waals surface area contributed by atoms with Gasteiger partial charge in [0, 0.05) is 31.9 Å². The molecule has 0 saturated carbocycles. The molecule has 1 unspecified atom stereocenters. The van der Waals surface area contributed by atoms with Gasteiger partial charge in [0.2, 0.25) is 0 Å². The number of anilines is 1. The molecular weight excluding hydrogens is 323 g/mol. The van der Waals surface area contributed by atoms with E-state index in [0.717, 1.165) is 18.8 Å². The van der Waals surface area contributed by atoms with Gasteiger partial charge < -0.3 is 19.9 Å². The van der Waals surface area contributed by atoms with Crippen molar-refractivity contribution in [3.05, 3.63) is 30.3 Å². The van der Waals surface area contributed by atoms with Crippen molar-refractivity contribution in [3.63, 3.8) is 0 Å². The molecule has 1 aliphatic heterocycles. The number of carbonyl (C=O) groups excluding carboxylic acids is 1. The molecule has 1 aliphatic rings. The van der Waals surface area contributed by atoms with Crippen LogP contribution in [0.3, 0.4) is 0 Å². The number of nitrogens with one attached hydrogen (secondary N) is 1. The minimum absolute atomic E-state index is 0.171. The number of alkyl halides is 3. The van der Waals surface area contributed by atoms with E-state index in [0.29, 0.717) is 13.1 Å². The van der Waals surface area contributed by atoms with E-state index >= 15 is 0 Å². The second kappa shape index (κ2) is 8.23. The largest absolute Gasteiger partial charge is 0.411 e. The fourth-order valence-electron chi connectivity index (χ4n) is 2.50. The van der Waals surface area contributed by atoms with Crippen LogP contribution in [0.25, 0.3) is 0 Å². The number of nitrogens with zero attached hydrogens (tertiary/aromatic N) is 2. The highest BCUT2D eigenvalue weighted by Gasteiger charge is 2.28. The Hall–Kier alpha value is -1.96. The molecule has 2 rings (SSSR count). The van der Waals surface area contributed by atoms with Gasteiger partial charge >= 0.3 is 12.2 Å². The van der Waals surface area contributed by atoms with E-state index in [1.54, 1.807) is 11.8 Å². The second-order valence-electron chi connectivity index (χ2n) is 5.79. The summed E-state index contributed by atoms with van der Waals surface area (Å²) < 4.78 is 40.6. The Balaban J connectivity index is 1.70. The number of benzene rings is 1. The molecule has 1 fully saturated rings. The Kier molecular flexibility index (Phi) is 6.30. The summed E-state index contributed by atoms with van der Waals surface area (Å²) in [6, 6.07) is 9.19. The Morgan fingerprint density at radius 2 is 1.83 bits per heavy atom. The fraction of sp³-hybridized carbons (Fsp3) is 0.562. The summed E-state index contributed by atoms with van der Waals surface area (Å²) in [6.07, 6.45) is -4.35. The van der Waals surface area contributed by atoms with Crippen LogP contribution in [0.4, 0.5) is 23.7 Å². The Bertz CT molecular complexity index is 517. The molecule has 1 atom stereocenters. The quantitative estimate of drug-likeness (QED) is 0.892. The number of amides is 2. The SMILES string of the molecule is CC(COCC(F)(F)F)NC(=O)N1CCN(c2ccccc2)CC1. The molecule has 0 spiro atoms. The first-order chi connectivity index (χ1) is 11.3. The number of urea groups is 1. The van der Waals surface area contributed by atoms with Gasteiger partial charge in [0.25, 0.3) is 0 Å². The lowest BCUT2D eigenvalue weighted by Crippen LogP contribution is -2.53. The van der Waals surface area contributed by atoms with Gasteiger partial charge in [0.15, 0.2) is 0 Å². The molecule has 8 heteroatoms. The summed E-state index contributed by atoms with van der Waals surface area (Å²) in [4.78, 5) is 16.0. The van der Waals surface area contributed by atoms with Crippen molar-refractivity contribution >= 4 is 11.7 Å². The summed E-state index contributed by atoms with van der Waals surface area (Å²) in [7, 11) is 0. The highest BCUT2D eigenvalue weighted by atomic mass is 19.4. The van der Waals surface area contributed by atoms with Crippen molar-refractivity contribution < 1.29 is 22.7 Å². The molecular formula is C16H22F3N3O2. The summed E-state index contributed by atoms with van der Waals surface area (Å²) >= 11 is 0. The number of para-hydroxylation sites is 1. The van der Waals surface area contributed by atoms with Gasteiger partial charge in [0.05, 0.1) is 12.6 Å². The van der Waals surface area contributed by atoms with E-state index in [1.807, 2.05) is 30.3 Å². The van der Waals surface area contributed by atoms with Crippen LogP contribution in [-0.4, -0.2) is 62.5 Å². The molecule has 0 bridgehead atoms. The molecule has 5 nitrogen and oxygen atoms in total. The van der Waals surface area contributed by atoms with Gasteiger partial charge in [-0.15, -0.1) is 0 Å². The third kappa shape index (κ3) is 5.92. The van der Waals surface area contributed by atoms with Gasteiger partial charge in [-0.3, -0.25) is 0 Å². The van der Waals surface area contributed by atoms with Crippen LogP contribution < -0.4 is 10.2 Å². The van der Waals surface area contributed by atoms with Crippen molar-refractivity contribution in [3.8, 4) is 0 Å². The van der Waals surface area contributed by atoms with Crippen LogP contribution in [0, 0.1) is 0 Å². The van der Waals surface area contributed by atoms with E-state index in [2.05, 4.69) is 15.0 Å². The first kappa shape index (κ1) is 18.4. The van der Waals surface area contributed by atoms with Gasteiger partial charge in [0.1, 0.15) is 6.61 Å². The lowest BCUT2D eigenvalue weighted by atomic mass is 10.2. The molecule has 0 aromatic heterocycles. The standard InChI is InChI=1S/C16H22F3N3O2/c1-13(11-24-12-16(17,18)19)20-15(23)22-9-7-21(8-10-22)14-5-3-2-4-6-14/h2-6,13H,7-12H2,1H3,(H,20,23). The zero-order valence-electron chi connectivity index (χ0n) is 13.6. The van der Waals surface area contributed by atoms with Gasteiger partial charge in [-0.2, -0.15) is 13.2 Å². The van der Waals surface area contributed by atoms with Crippen molar-refractivity contribution in [2.45, 2.75) is 19.1 Å². The molecule has 1 aromatic carbocycles. The molecule has 0 aliphatic carbocycles. The summed E-state index contributed by atoms with van der Waals surface area (Å²) in [5.74, 6) is 0. The van der Waals surface area contributed by atoms with E-state index in [1.165, 1.54) is 0 Å². The minimum Gasteiger partial charge on any atom is -0.370 e. The first-order valence-corrected chi connectivity index (χ1v) is 7.85. The highest BCUT2D eigenvalue weighted by Crippen LogP contribution is 2.16. The molecule has 24 heavy (non-hydrogen) atoms. The number of halogens is 3. The zero-order chi connectivity index (χ0) is 17.6. The number of hydrogen-bond donors (Lipinski definition) is 1. The minimum atomic E-state index is -4.35. The maximum Gasteiger partial charge on any atom is 0.411 e. The highest BCUT2D eigenvalue weighted by molar-refractivity contribution is 5.74. The predicted octanol–water partition coefficient (Wildman–Crippen LogP) is 2.49. The van der Waals surface area contributed by atoms with Gasteiger partial charge in [-0.05, 0) is 19.1 Å². The number of hydrogen-bond acceptors (Lipinski definition) is 3. The molecule has 134 valence electrons. The Morgan fingerprint density at radius 3 is 2.42 bits per heavy atom. The number of rotatable bonds is 5. The topological polar surface area (TPSA) is 44.8 Å². The molecule has 1 N–H and O–H groups in total. The average molecular weight is 345 g/mol. The van der Waals surface area contributed by atoms with E-state index in [4.69, 9.17) is 0 Å². The van der Waals surface area contributed by atoms with E-state index in [9.17, 15) is 18.0 Å². The van der Waals surface area contributed by atoms with Crippen LogP contribution in [0.2, 0.25) is 0 Å². The molecule has 1 heterocycles. The van der Waals surface area contributed by atoms with E-state index in [-0.39, 0.29) is 12.6 Å². The Labute approximate surface area is 139 Å². The average Bonchev–Trinajstić information content (AvgIpc) is 2.54. The Morgan fingerprint density at radius 1 is 1.21 bits per heavy atom. The predicted molar refractivity (Wildman–Crippen MR) is 85.1 cm³/mol. The maximum absolute atomic E-state index is 12.1. The zero-order valence-corrected chi connectivity index (χ0v) is 13.6. The lowest BCUT2D eigenvalue weighted by molar-refractivity contribution is -0.174. The second-order valence-corrected chi connectivity index (χ2v) is 5.79. The number of ether oxygens (including phenoxy) is 1. The molecule has 1 saturated heterocycles. The molecule has 2 amide bonds. The van der Waals surface area contributed by atoms with Crippen molar-refractivity contribution in [2.75, 3.05) is 44.3 Å². The number of piperazine rings is 1. The monoisotopic (exact) mass is 345 g/mol. The van der Waals surface area contributed by atoms with Crippen LogP contribution in [0.5, 0.6) is 0 Å². The van der Waals surface area contributed by atoms with Crippen molar-refractivity contribution in [1.29, 1.82) is 0 Å². The van der Waals surface area contributed by atoms with Crippen LogP contribution in [0.1, 0.15) is 6.92 Å². The smallest absolute Gasteiger partial charge is 0.370 e. The third-order valence-electron chi connectivity index (χ3n) is 3.69. The van der Waals surface area contributed by atoms with Crippen LogP contribution in [0.15, 0.2) is 30.3 Å². The van der Waals surface area contributed by atoms with Crippen molar-refractivity contribution in [2.24, 2.45) is 0 Å². The normalized spacial score (nSPS) is 16.8. The third-order valence-corrected chi connectivity index (χ3v) is 3.69. The fourth-order valence-corrected chi connectivity index (χ4v) is 2.50. The van der Waals surface area contributed by atoms with Gasteiger partial charge in [-0.25, -0.2) is 4.79 Å². The summed E-state index contributed by atoms with van der Waals surface area (Å²) in [6.45, 7) is 2.72. The molecule has 1 aromatic rings. The maximum atomic E-state index is 12.1. The molecule has 0 radical (unpaired) electrons. The van der Waals surface area contributed by atoms with E-state index < -0.39 is 18.8 Å². The number of carbonyl (C=O) groups is 1. The lowest BCUT2D eigenvalue weighted by Gasteiger charge is -2.36. The van der Waals surface area contributed by atoms with Crippen molar-refractivity contribution in [1.82, 2.24) is 10.2 Å². The van der Waals surface area contributed by atoms with Crippen LogP contribution >= 0.6 is 0 Å². The first-order valence-electron chi connectivity index (χ1n) is 7.85. The van der Waals surface area contributed by atoms with Crippen LogP contribution in [-0.2, 0) is 4.74 Å².